The molecule has 2 aromatic carbocycles. The molecule has 0 aliphatic carbocycles. The summed E-state index contributed by atoms with van der Waals surface area (Å²) in [7, 11) is 1.64. The molecule has 96 valence electrons. The van der Waals surface area contributed by atoms with E-state index in [0.29, 0.717) is 0 Å². The molecule has 0 fully saturated rings. The molecule has 1 unspecified atom stereocenters. The summed E-state index contributed by atoms with van der Waals surface area (Å²) in [4.78, 5) is 0. The summed E-state index contributed by atoms with van der Waals surface area (Å²) in [6.45, 7) is 0. The highest BCUT2D eigenvalue weighted by atomic mass is 35.5. The number of alkyl halides is 1. The Bertz CT molecular complexity index is 703. The van der Waals surface area contributed by atoms with E-state index in [0.717, 1.165) is 27.8 Å². The fraction of sp³-hybridized carbons (Fsp3) is 0.125. The van der Waals surface area contributed by atoms with Crippen LogP contribution in [0.15, 0.2) is 59.2 Å². The largest absolute Gasteiger partial charge is 0.497 e. The maximum Gasteiger partial charge on any atom is 0.133 e. The van der Waals surface area contributed by atoms with E-state index in [2.05, 4.69) is 0 Å². The Balaban J connectivity index is 2.05. The summed E-state index contributed by atoms with van der Waals surface area (Å²) < 4.78 is 10.9. The molecule has 0 saturated carbocycles. The first kappa shape index (κ1) is 12.1. The first-order chi connectivity index (χ1) is 9.29. The first-order valence-electron chi connectivity index (χ1n) is 6.04. The second kappa shape index (κ2) is 4.98. The van der Waals surface area contributed by atoms with Gasteiger partial charge in [-0.3, -0.25) is 0 Å². The lowest BCUT2D eigenvalue weighted by molar-refractivity contribution is 0.414. The molecule has 0 bridgehead atoms. The van der Waals surface area contributed by atoms with Crippen molar-refractivity contribution in [3.05, 3.63) is 66.1 Å². The van der Waals surface area contributed by atoms with E-state index in [1.165, 1.54) is 0 Å². The quantitative estimate of drug-likeness (QED) is 0.641. The van der Waals surface area contributed by atoms with Gasteiger partial charge in [-0.1, -0.05) is 36.4 Å². The van der Waals surface area contributed by atoms with Gasteiger partial charge >= 0.3 is 0 Å². The molecule has 0 aliphatic rings. The van der Waals surface area contributed by atoms with Crippen molar-refractivity contribution >= 4 is 22.4 Å². The molecule has 1 heterocycles. The third kappa shape index (κ3) is 2.20. The number of ether oxygens (including phenoxy) is 1. The summed E-state index contributed by atoms with van der Waals surface area (Å²) in [5.74, 6) is 1.56. The van der Waals surface area contributed by atoms with E-state index in [-0.39, 0.29) is 5.38 Å². The lowest BCUT2D eigenvalue weighted by Gasteiger charge is -2.09. The van der Waals surface area contributed by atoms with Crippen LogP contribution in [-0.2, 0) is 0 Å². The summed E-state index contributed by atoms with van der Waals surface area (Å²) in [5, 5.41) is 1.78. The zero-order valence-electron chi connectivity index (χ0n) is 10.5. The lowest BCUT2D eigenvalue weighted by Crippen LogP contribution is -1.93. The van der Waals surface area contributed by atoms with Gasteiger partial charge in [-0.15, -0.1) is 11.6 Å². The van der Waals surface area contributed by atoms with Gasteiger partial charge in [0.15, 0.2) is 0 Å². The fourth-order valence-electron chi connectivity index (χ4n) is 2.16. The van der Waals surface area contributed by atoms with Gasteiger partial charge in [0.05, 0.1) is 13.4 Å². The number of benzene rings is 2. The van der Waals surface area contributed by atoms with Crippen LogP contribution < -0.4 is 4.74 Å². The molecule has 1 aromatic heterocycles. The van der Waals surface area contributed by atoms with Crippen molar-refractivity contribution in [1.82, 2.24) is 0 Å². The van der Waals surface area contributed by atoms with Crippen molar-refractivity contribution in [2.24, 2.45) is 0 Å². The van der Waals surface area contributed by atoms with E-state index in [1.807, 2.05) is 48.5 Å². The summed E-state index contributed by atoms with van der Waals surface area (Å²) in [6.07, 6.45) is 1.74. The Morgan fingerprint density at radius 1 is 1.11 bits per heavy atom. The maximum atomic E-state index is 6.53. The molecular formula is C16H13ClO2. The summed E-state index contributed by atoms with van der Waals surface area (Å²) in [6, 6.07) is 15.7. The Morgan fingerprint density at radius 2 is 1.95 bits per heavy atom. The van der Waals surface area contributed by atoms with Crippen LogP contribution >= 0.6 is 11.6 Å². The van der Waals surface area contributed by atoms with Crippen molar-refractivity contribution in [2.45, 2.75) is 5.38 Å². The van der Waals surface area contributed by atoms with E-state index in [9.17, 15) is 0 Å². The molecule has 3 aromatic rings. The molecule has 0 spiro atoms. The highest BCUT2D eigenvalue weighted by Crippen LogP contribution is 2.35. The van der Waals surface area contributed by atoms with Crippen LogP contribution in [0.4, 0.5) is 0 Å². The molecule has 19 heavy (non-hydrogen) atoms. The monoisotopic (exact) mass is 272 g/mol. The van der Waals surface area contributed by atoms with E-state index < -0.39 is 0 Å². The molecule has 3 heteroatoms. The Morgan fingerprint density at radius 3 is 2.79 bits per heavy atom. The Hall–Kier alpha value is -1.93. The molecule has 0 amide bonds. The minimum Gasteiger partial charge on any atom is -0.497 e. The van der Waals surface area contributed by atoms with Crippen molar-refractivity contribution in [3.8, 4) is 5.75 Å². The van der Waals surface area contributed by atoms with Gasteiger partial charge in [0.1, 0.15) is 16.9 Å². The highest BCUT2D eigenvalue weighted by molar-refractivity contribution is 6.23. The first-order valence-corrected chi connectivity index (χ1v) is 6.47. The average molecular weight is 273 g/mol. The number of fused-ring (bicyclic) bond motifs is 1. The van der Waals surface area contributed by atoms with Gasteiger partial charge in [0, 0.05) is 10.8 Å². The highest BCUT2D eigenvalue weighted by Gasteiger charge is 2.18. The zero-order valence-corrected chi connectivity index (χ0v) is 11.2. The van der Waals surface area contributed by atoms with E-state index in [1.54, 1.807) is 13.4 Å². The van der Waals surface area contributed by atoms with Gasteiger partial charge in [0.2, 0.25) is 0 Å². The van der Waals surface area contributed by atoms with Crippen molar-refractivity contribution in [1.29, 1.82) is 0 Å². The predicted molar refractivity (Wildman–Crippen MR) is 76.9 cm³/mol. The van der Waals surface area contributed by atoms with Gasteiger partial charge in [-0.05, 0) is 17.7 Å². The minimum atomic E-state index is -0.324. The zero-order chi connectivity index (χ0) is 13.2. The van der Waals surface area contributed by atoms with Gasteiger partial charge < -0.3 is 9.15 Å². The molecule has 0 aliphatic heterocycles. The Labute approximate surface area is 116 Å². The average Bonchev–Trinajstić information content (AvgIpc) is 2.90. The molecule has 0 saturated heterocycles. The molecule has 1 atom stereocenters. The molecule has 2 nitrogen and oxygen atoms in total. The van der Waals surface area contributed by atoms with Crippen molar-refractivity contribution in [2.75, 3.05) is 7.11 Å². The number of hydrogen-bond acceptors (Lipinski definition) is 2. The maximum absolute atomic E-state index is 6.53. The van der Waals surface area contributed by atoms with E-state index in [4.69, 9.17) is 20.8 Å². The number of halogens is 1. The molecule has 0 N–H and O–H groups in total. The van der Waals surface area contributed by atoms with Crippen LogP contribution in [0.1, 0.15) is 16.7 Å². The van der Waals surface area contributed by atoms with Crippen LogP contribution in [0.3, 0.4) is 0 Å². The molecular weight excluding hydrogens is 260 g/mol. The third-order valence-corrected chi connectivity index (χ3v) is 3.61. The minimum absolute atomic E-state index is 0.324. The summed E-state index contributed by atoms with van der Waals surface area (Å²) >= 11 is 6.53. The van der Waals surface area contributed by atoms with Crippen LogP contribution in [0.2, 0.25) is 0 Å². The number of hydrogen-bond donors (Lipinski definition) is 0. The van der Waals surface area contributed by atoms with Gasteiger partial charge in [-0.2, -0.15) is 0 Å². The third-order valence-electron chi connectivity index (χ3n) is 3.16. The normalized spacial score (nSPS) is 12.5. The van der Waals surface area contributed by atoms with Gasteiger partial charge in [0.25, 0.3) is 0 Å². The predicted octanol–water partition coefficient (Wildman–Crippen LogP) is 4.77. The van der Waals surface area contributed by atoms with Crippen molar-refractivity contribution in [3.63, 3.8) is 0 Å². The Kier molecular flexibility index (Phi) is 3.18. The van der Waals surface area contributed by atoms with Crippen molar-refractivity contribution < 1.29 is 9.15 Å². The van der Waals surface area contributed by atoms with E-state index >= 15 is 0 Å². The summed E-state index contributed by atoms with van der Waals surface area (Å²) in [5.41, 5.74) is 0.959. The van der Waals surface area contributed by atoms with Crippen LogP contribution in [-0.4, -0.2) is 7.11 Å². The standard InChI is InChI=1S/C16H13ClO2/c1-18-13-7-4-6-11(9-13)15(17)16-14-8-3-2-5-12(14)10-19-16/h2-10,15H,1H3. The molecule has 3 rings (SSSR count). The topological polar surface area (TPSA) is 22.4 Å². The lowest BCUT2D eigenvalue weighted by atomic mass is 10.1. The van der Waals surface area contributed by atoms with Crippen LogP contribution in [0.25, 0.3) is 10.8 Å². The SMILES string of the molecule is COc1cccc(C(Cl)c2occ3ccccc23)c1. The number of methoxy groups -OCH3 is 1. The number of furan rings is 1. The molecule has 0 radical (unpaired) electrons. The smallest absolute Gasteiger partial charge is 0.133 e. The number of rotatable bonds is 3. The second-order valence-corrected chi connectivity index (χ2v) is 4.76. The van der Waals surface area contributed by atoms with Crippen LogP contribution in [0.5, 0.6) is 5.75 Å². The van der Waals surface area contributed by atoms with Gasteiger partial charge in [-0.25, -0.2) is 0 Å². The fourth-order valence-corrected chi connectivity index (χ4v) is 2.47. The second-order valence-electron chi connectivity index (χ2n) is 4.33. The van der Waals surface area contributed by atoms with Crippen LogP contribution in [0, 0.1) is 0 Å².